The van der Waals surface area contributed by atoms with Crippen LogP contribution in [0.25, 0.3) is 0 Å². The van der Waals surface area contributed by atoms with Crippen LogP contribution >= 0.6 is 0 Å². The molecule has 0 unspecified atom stereocenters. The van der Waals surface area contributed by atoms with Crippen LogP contribution in [0.4, 0.5) is 11.4 Å². The van der Waals surface area contributed by atoms with Gasteiger partial charge in [0.05, 0.1) is 11.4 Å². The highest BCUT2D eigenvalue weighted by Crippen LogP contribution is 2.24. The molecule has 0 fully saturated rings. The van der Waals surface area contributed by atoms with Crippen molar-refractivity contribution in [2.24, 2.45) is 0 Å². The van der Waals surface area contributed by atoms with Gasteiger partial charge in [-0.15, -0.1) is 0 Å². The molecular formula is C23H33N5O2. The second-order valence-corrected chi connectivity index (χ2v) is 8.29. The summed E-state index contributed by atoms with van der Waals surface area (Å²) in [7, 11) is 4.08. The Morgan fingerprint density at radius 2 is 1.77 bits per heavy atom. The summed E-state index contributed by atoms with van der Waals surface area (Å²) in [5.74, 6) is 0.132. The minimum absolute atomic E-state index is 0.279. The standard InChI is InChI=1S/C23H33N5O2/c1-17(30-23(2,3)4)26-19-9-7-8-10-20(19)27-22(29)21-12-11-18(16-25-21)15-24-13-14-28(5)6/h7-12,16,24,26H,1,13-15H2,2-6H3,(H,27,29). The smallest absolute Gasteiger partial charge is 0.274 e. The van der Waals surface area contributed by atoms with E-state index >= 15 is 0 Å². The number of pyridine rings is 1. The molecule has 1 aromatic heterocycles. The Hall–Kier alpha value is -2.90. The van der Waals surface area contributed by atoms with Crippen molar-refractivity contribution in [2.75, 3.05) is 37.8 Å². The lowest BCUT2D eigenvalue weighted by Gasteiger charge is -2.24. The number of ether oxygens (including phenoxy) is 1. The Morgan fingerprint density at radius 1 is 1.10 bits per heavy atom. The SMILES string of the molecule is C=C(Nc1ccccc1NC(=O)c1ccc(CNCCN(C)C)cn1)OC(C)(C)C. The molecule has 0 atom stereocenters. The predicted molar refractivity (Wildman–Crippen MR) is 122 cm³/mol. The number of carbonyl (C=O) groups excluding carboxylic acids is 1. The first kappa shape index (κ1) is 23.4. The van der Waals surface area contributed by atoms with E-state index in [1.165, 1.54) is 0 Å². The zero-order valence-corrected chi connectivity index (χ0v) is 18.6. The van der Waals surface area contributed by atoms with E-state index in [1.54, 1.807) is 12.3 Å². The molecule has 30 heavy (non-hydrogen) atoms. The van der Waals surface area contributed by atoms with Crippen LogP contribution in [0.15, 0.2) is 55.1 Å². The molecule has 7 nitrogen and oxygen atoms in total. The second kappa shape index (κ2) is 10.8. The minimum atomic E-state index is -0.366. The maximum atomic E-state index is 12.7. The third-order valence-corrected chi connectivity index (χ3v) is 4.00. The van der Waals surface area contributed by atoms with Crippen LogP contribution in [0.3, 0.4) is 0 Å². The third kappa shape index (κ3) is 8.23. The summed E-state index contributed by atoms with van der Waals surface area (Å²) in [6, 6.07) is 11.0. The van der Waals surface area contributed by atoms with Gasteiger partial charge < -0.3 is 25.6 Å². The average Bonchev–Trinajstić information content (AvgIpc) is 2.65. The number of nitrogens with zero attached hydrogens (tertiary/aromatic N) is 2. The first-order valence-electron chi connectivity index (χ1n) is 10.00. The average molecular weight is 412 g/mol. The predicted octanol–water partition coefficient (Wildman–Crippen LogP) is 3.68. The van der Waals surface area contributed by atoms with Crippen LogP contribution in [0.1, 0.15) is 36.8 Å². The van der Waals surface area contributed by atoms with E-state index in [2.05, 4.69) is 32.4 Å². The summed E-state index contributed by atoms with van der Waals surface area (Å²) in [5, 5.41) is 9.36. The maximum absolute atomic E-state index is 12.7. The number of hydrogen-bond acceptors (Lipinski definition) is 6. The van der Waals surface area contributed by atoms with Crippen molar-refractivity contribution in [3.63, 3.8) is 0 Å². The number of anilines is 2. The fourth-order valence-electron chi connectivity index (χ4n) is 2.63. The van der Waals surface area contributed by atoms with Gasteiger partial charge in [-0.3, -0.25) is 9.78 Å². The fraction of sp³-hybridized carbons (Fsp3) is 0.391. The molecule has 3 N–H and O–H groups in total. The topological polar surface area (TPSA) is 78.5 Å². The molecule has 0 aliphatic rings. The van der Waals surface area contributed by atoms with Gasteiger partial charge in [-0.2, -0.15) is 0 Å². The van der Waals surface area contributed by atoms with Crippen LogP contribution in [0, 0.1) is 0 Å². The molecule has 0 radical (unpaired) electrons. The summed E-state index contributed by atoms with van der Waals surface area (Å²) in [6.07, 6.45) is 1.72. The Kier molecular flexibility index (Phi) is 8.38. The lowest BCUT2D eigenvalue weighted by Crippen LogP contribution is -2.26. The molecule has 1 aromatic carbocycles. The van der Waals surface area contributed by atoms with Crippen LogP contribution < -0.4 is 16.0 Å². The Balaban J connectivity index is 1.97. The normalized spacial score (nSPS) is 11.3. The third-order valence-electron chi connectivity index (χ3n) is 4.00. The van der Waals surface area contributed by atoms with E-state index in [0.29, 0.717) is 29.5 Å². The number of para-hydroxylation sites is 2. The van der Waals surface area contributed by atoms with Crippen molar-refractivity contribution in [1.29, 1.82) is 0 Å². The van der Waals surface area contributed by atoms with Gasteiger partial charge in [-0.25, -0.2) is 0 Å². The molecular weight excluding hydrogens is 378 g/mol. The summed E-state index contributed by atoms with van der Waals surface area (Å²) >= 11 is 0. The number of amides is 1. The molecule has 2 rings (SSSR count). The number of carbonyl (C=O) groups is 1. The summed E-state index contributed by atoms with van der Waals surface area (Å²) in [6.45, 7) is 12.3. The molecule has 0 bridgehead atoms. The maximum Gasteiger partial charge on any atom is 0.274 e. The molecule has 0 aliphatic carbocycles. The van der Waals surface area contributed by atoms with Gasteiger partial charge in [0.25, 0.3) is 5.91 Å². The molecule has 0 saturated carbocycles. The van der Waals surface area contributed by atoms with Crippen LogP contribution in [0.5, 0.6) is 0 Å². The highest BCUT2D eigenvalue weighted by molar-refractivity contribution is 6.04. The van der Waals surface area contributed by atoms with Crippen LogP contribution in [0.2, 0.25) is 0 Å². The van der Waals surface area contributed by atoms with Crippen LogP contribution in [-0.4, -0.2) is 48.6 Å². The fourth-order valence-corrected chi connectivity index (χ4v) is 2.63. The number of nitrogens with one attached hydrogen (secondary N) is 3. The lowest BCUT2D eigenvalue weighted by atomic mass is 10.2. The zero-order chi connectivity index (χ0) is 22.1. The van der Waals surface area contributed by atoms with E-state index in [-0.39, 0.29) is 11.5 Å². The molecule has 7 heteroatoms. The largest absolute Gasteiger partial charge is 0.474 e. The number of hydrogen-bond donors (Lipinski definition) is 3. The van der Waals surface area contributed by atoms with Gasteiger partial charge in [-0.05, 0) is 65.2 Å². The van der Waals surface area contributed by atoms with Gasteiger partial charge in [0.2, 0.25) is 0 Å². The molecule has 162 valence electrons. The number of aromatic nitrogens is 1. The monoisotopic (exact) mass is 411 g/mol. The highest BCUT2D eigenvalue weighted by Gasteiger charge is 2.15. The minimum Gasteiger partial charge on any atom is -0.474 e. The van der Waals surface area contributed by atoms with Crippen molar-refractivity contribution in [3.8, 4) is 0 Å². The van der Waals surface area contributed by atoms with Crippen molar-refractivity contribution >= 4 is 17.3 Å². The van der Waals surface area contributed by atoms with Gasteiger partial charge >= 0.3 is 0 Å². The number of benzene rings is 1. The van der Waals surface area contributed by atoms with Crippen molar-refractivity contribution < 1.29 is 9.53 Å². The molecule has 2 aromatic rings. The van der Waals surface area contributed by atoms with Crippen LogP contribution in [-0.2, 0) is 11.3 Å². The van der Waals surface area contributed by atoms with Gasteiger partial charge in [0, 0.05) is 25.8 Å². The number of rotatable bonds is 10. The lowest BCUT2D eigenvalue weighted by molar-refractivity contribution is 0.0565. The van der Waals surface area contributed by atoms with E-state index in [0.717, 1.165) is 18.7 Å². The van der Waals surface area contributed by atoms with E-state index in [4.69, 9.17) is 4.74 Å². The zero-order valence-electron chi connectivity index (χ0n) is 18.6. The second-order valence-electron chi connectivity index (χ2n) is 8.29. The first-order valence-corrected chi connectivity index (χ1v) is 10.00. The Labute approximate surface area is 179 Å². The quantitative estimate of drug-likeness (QED) is 0.409. The van der Waals surface area contributed by atoms with Gasteiger partial charge in [0.1, 0.15) is 11.3 Å². The van der Waals surface area contributed by atoms with Gasteiger partial charge in [-0.1, -0.05) is 18.2 Å². The van der Waals surface area contributed by atoms with E-state index in [9.17, 15) is 4.79 Å². The summed E-state index contributed by atoms with van der Waals surface area (Å²) in [5.41, 5.74) is 2.34. The van der Waals surface area contributed by atoms with Crippen molar-refractivity contribution in [3.05, 3.63) is 66.3 Å². The molecule has 1 heterocycles. The summed E-state index contributed by atoms with van der Waals surface area (Å²) in [4.78, 5) is 19.1. The summed E-state index contributed by atoms with van der Waals surface area (Å²) < 4.78 is 5.71. The number of likely N-dealkylation sites (N-methyl/N-ethyl adjacent to an activating group) is 1. The molecule has 0 aliphatic heterocycles. The molecule has 0 spiro atoms. The van der Waals surface area contributed by atoms with Crippen molar-refractivity contribution in [2.45, 2.75) is 32.9 Å². The van der Waals surface area contributed by atoms with E-state index < -0.39 is 0 Å². The molecule has 0 saturated heterocycles. The van der Waals surface area contributed by atoms with Gasteiger partial charge in [0.15, 0.2) is 5.88 Å². The Bertz CT molecular complexity index is 841. The first-order chi connectivity index (χ1) is 14.1. The van der Waals surface area contributed by atoms with E-state index in [1.807, 2.05) is 65.2 Å². The van der Waals surface area contributed by atoms with Crippen molar-refractivity contribution in [1.82, 2.24) is 15.2 Å². The molecule has 1 amide bonds. The highest BCUT2D eigenvalue weighted by atomic mass is 16.5. The Morgan fingerprint density at radius 3 is 2.33 bits per heavy atom.